The number of carbonyl (C=O) groups excluding carboxylic acids is 2. The molecule has 1 rings (SSSR count). The molecule has 18 heavy (non-hydrogen) atoms. The number of hydrogen-bond acceptors (Lipinski definition) is 3. The van der Waals surface area contributed by atoms with Gasteiger partial charge in [-0.3, -0.25) is 9.59 Å². The fraction of sp³-hybridized carbons (Fsp3) is 0.385. The van der Waals surface area contributed by atoms with Crippen molar-refractivity contribution in [2.75, 3.05) is 25.0 Å². The number of anilines is 1. The number of aliphatic hydroxyl groups excluding tert-OH is 1. The van der Waals surface area contributed by atoms with Crippen molar-refractivity contribution in [1.29, 1.82) is 0 Å². The maximum absolute atomic E-state index is 12.1. The molecule has 0 atom stereocenters. The van der Waals surface area contributed by atoms with E-state index in [2.05, 4.69) is 5.32 Å². The predicted molar refractivity (Wildman–Crippen MR) is 69.4 cm³/mol. The van der Waals surface area contributed by atoms with Crippen LogP contribution in [-0.4, -0.2) is 42.0 Å². The molecular formula is C13H18N2O3. The Bertz CT molecular complexity index is 384. The molecule has 0 radical (unpaired) electrons. The molecule has 0 heterocycles. The molecule has 0 unspecified atom stereocenters. The number of rotatable bonds is 7. The summed E-state index contributed by atoms with van der Waals surface area (Å²) in [5, 5.41) is 11.4. The third kappa shape index (κ3) is 3.85. The summed E-state index contributed by atoms with van der Waals surface area (Å²) in [5.74, 6) is -0.108. The fourth-order valence-corrected chi connectivity index (χ4v) is 1.67. The third-order valence-corrected chi connectivity index (χ3v) is 2.51. The highest BCUT2D eigenvalue weighted by atomic mass is 16.3. The molecule has 0 aliphatic rings. The Morgan fingerprint density at radius 3 is 2.50 bits per heavy atom. The van der Waals surface area contributed by atoms with Crippen molar-refractivity contribution in [3.63, 3.8) is 0 Å². The SMILES string of the molecule is CCCN(CCO)C(=O)c1ccc(NC=O)cc1. The van der Waals surface area contributed by atoms with Crippen molar-refractivity contribution in [3.8, 4) is 0 Å². The lowest BCUT2D eigenvalue weighted by Gasteiger charge is -2.21. The monoisotopic (exact) mass is 250 g/mol. The van der Waals surface area contributed by atoms with Gasteiger partial charge in [-0.15, -0.1) is 0 Å². The molecule has 1 aromatic carbocycles. The quantitative estimate of drug-likeness (QED) is 0.712. The lowest BCUT2D eigenvalue weighted by atomic mass is 10.1. The van der Waals surface area contributed by atoms with E-state index in [-0.39, 0.29) is 12.5 Å². The first-order valence-electron chi connectivity index (χ1n) is 5.93. The largest absolute Gasteiger partial charge is 0.395 e. The first-order valence-corrected chi connectivity index (χ1v) is 5.93. The van der Waals surface area contributed by atoms with Crippen LogP contribution in [0, 0.1) is 0 Å². The lowest BCUT2D eigenvalue weighted by molar-refractivity contribution is -0.105. The number of carbonyl (C=O) groups is 2. The van der Waals surface area contributed by atoms with Gasteiger partial charge in [-0.2, -0.15) is 0 Å². The zero-order valence-corrected chi connectivity index (χ0v) is 10.4. The van der Waals surface area contributed by atoms with Crippen molar-refractivity contribution >= 4 is 18.0 Å². The van der Waals surface area contributed by atoms with Gasteiger partial charge in [0.25, 0.3) is 5.91 Å². The summed E-state index contributed by atoms with van der Waals surface area (Å²) in [6.07, 6.45) is 1.43. The number of amides is 2. The fourth-order valence-electron chi connectivity index (χ4n) is 1.67. The van der Waals surface area contributed by atoms with E-state index in [4.69, 9.17) is 5.11 Å². The van der Waals surface area contributed by atoms with E-state index in [0.29, 0.717) is 30.8 Å². The maximum atomic E-state index is 12.1. The van der Waals surface area contributed by atoms with E-state index in [1.54, 1.807) is 29.2 Å². The van der Waals surface area contributed by atoms with Crippen molar-refractivity contribution in [2.24, 2.45) is 0 Å². The zero-order chi connectivity index (χ0) is 13.4. The molecule has 0 aliphatic heterocycles. The van der Waals surface area contributed by atoms with Gasteiger partial charge in [0, 0.05) is 24.3 Å². The van der Waals surface area contributed by atoms with Crippen LogP contribution in [0.15, 0.2) is 24.3 Å². The van der Waals surface area contributed by atoms with Gasteiger partial charge in [0.2, 0.25) is 6.41 Å². The van der Waals surface area contributed by atoms with Crippen LogP contribution in [0.3, 0.4) is 0 Å². The number of nitrogens with zero attached hydrogens (tertiary/aromatic N) is 1. The number of nitrogens with one attached hydrogen (secondary N) is 1. The Labute approximate surface area is 106 Å². The number of hydrogen-bond donors (Lipinski definition) is 2. The van der Waals surface area contributed by atoms with Crippen LogP contribution in [0.25, 0.3) is 0 Å². The van der Waals surface area contributed by atoms with Gasteiger partial charge in [0.1, 0.15) is 0 Å². The van der Waals surface area contributed by atoms with E-state index in [1.165, 1.54) is 0 Å². The molecule has 0 aromatic heterocycles. The summed E-state index contributed by atoms with van der Waals surface area (Å²) < 4.78 is 0. The minimum absolute atomic E-state index is 0.0451. The Morgan fingerprint density at radius 1 is 1.33 bits per heavy atom. The second-order valence-corrected chi connectivity index (χ2v) is 3.86. The van der Waals surface area contributed by atoms with E-state index in [9.17, 15) is 9.59 Å². The minimum atomic E-state index is -0.108. The molecule has 0 fully saturated rings. The third-order valence-electron chi connectivity index (χ3n) is 2.51. The molecular weight excluding hydrogens is 232 g/mol. The van der Waals surface area contributed by atoms with Crippen LogP contribution < -0.4 is 5.32 Å². The smallest absolute Gasteiger partial charge is 0.253 e. The van der Waals surface area contributed by atoms with E-state index < -0.39 is 0 Å². The van der Waals surface area contributed by atoms with Gasteiger partial charge in [0.15, 0.2) is 0 Å². The van der Waals surface area contributed by atoms with Crippen molar-refractivity contribution < 1.29 is 14.7 Å². The molecule has 0 bridgehead atoms. The Morgan fingerprint density at radius 2 is 2.00 bits per heavy atom. The van der Waals surface area contributed by atoms with Crippen molar-refractivity contribution in [3.05, 3.63) is 29.8 Å². The zero-order valence-electron chi connectivity index (χ0n) is 10.4. The highest BCUT2D eigenvalue weighted by molar-refractivity contribution is 5.94. The van der Waals surface area contributed by atoms with E-state index in [1.807, 2.05) is 6.92 Å². The standard InChI is InChI=1S/C13H18N2O3/c1-2-7-15(8-9-16)13(18)11-3-5-12(6-4-11)14-10-17/h3-6,10,16H,2,7-9H2,1H3,(H,14,17). The lowest BCUT2D eigenvalue weighted by Crippen LogP contribution is -2.34. The highest BCUT2D eigenvalue weighted by Crippen LogP contribution is 2.11. The molecule has 0 saturated heterocycles. The summed E-state index contributed by atoms with van der Waals surface area (Å²) in [6.45, 7) is 2.89. The average Bonchev–Trinajstić information content (AvgIpc) is 2.39. The van der Waals surface area contributed by atoms with Gasteiger partial charge < -0.3 is 15.3 Å². The van der Waals surface area contributed by atoms with Crippen LogP contribution in [0.5, 0.6) is 0 Å². The molecule has 0 saturated carbocycles. The summed E-state index contributed by atoms with van der Waals surface area (Å²) in [7, 11) is 0. The van der Waals surface area contributed by atoms with Gasteiger partial charge in [-0.25, -0.2) is 0 Å². The highest BCUT2D eigenvalue weighted by Gasteiger charge is 2.13. The van der Waals surface area contributed by atoms with Crippen LogP contribution in [-0.2, 0) is 4.79 Å². The molecule has 5 nitrogen and oxygen atoms in total. The van der Waals surface area contributed by atoms with Crippen molar-refractivity contribution in [2.45, 2.75) is 13.3 Å². The first kappa shape index (κ1) is 14.2. The molecule has 98 valence electrons. The van der Waals surface area contributed by atoms with Crippen LogP contribution in [0.4, 0.5) is 5.69 Å². The van der Waals surface area contributed by atoms with Crippen LogP contribution in [0.2, 0.25) is 0 Å². The van der Waals surface area contributed by atoms with Crippen LogP contribution in [0.1, 0.15) is 23.7 Å². The Hall–Kier alpha value is -1.88. The van der Waals surface area contributed by atoms with Gasteiger partial charge in [-0.1, -0.05) is 6.92 Å². The second-order valence-electron chi connectivity index (χ2n) is 3.86. The van der Waals surface area contributed by atoms with Crippen molar-refractivity contribution in [1.82, 2.24) is 4.90 Å². The molecule has 2 amide bonds. The second kappa shape index (κ2) is 7.45. The topological polar surface area (TPSA) is 69.6 Å². The molecule has 1 aromatic rings. The van der Waals surface area contributed by atoms with Gasteiger partial charge >= 0.3 is 0 Å². The summed E-state index contributed by atoms with van der Waals surface area (Å²) in [6, 6.07) is 6.66. The molecule has 0 spiro atoms. The first-order chi connectivity index (χ1) is 8.72. The molecule has 0 aliphatic carbocycles. The summed E-state index contributed by atoms with van der Waals surface area (Å²) in [4.78, 5) is 24.0. The minimum Gasteiger partial charge on any atom is -0.395 e. The normalized spacial score (nSPS) is 9.89. The Balaban J connectivity index is 2.77. The average molecular weight is 250 g/mol. The summed E-state index contributed by atoms with van der Waals surface area (Å²) in [5.41, 5.74) is 1.19. The van der Waals surface area contributed by atoms with Crippen LogP contribution >= 0.6 is 0 Å². The number of benzene rings is 1. The molecule has 5 heteroatoms. The van der Waals surface area contributed by atoms with Gasteiger partial charge in [-0.05, 0) is 30.7 Å². The molecule has 2 N–H and O–H groups in total. The predicted octanol–water partition coefficient (Wildman–Crippen LogP) is 1.10. The number of aliphatic hydroxyl groups is 1. The van der Waals surface area contributed by atoms with E-state index >= 15 is 0 Å². The van der Waals surface area contributed by atoms with Gasteiger partial charge in [0.05, 0.1) is 6.61 Å². The maximum Gasteiger partial charge on any atom is 0.253 e. The van der Waals surface area contributed by atoms with E-state index in [0.717, 1.165) is 6.42 Å². The summed E-state index contributed by atoms with van der Waals surface area (Å²) >= 11 is 0. The Kier molecular flexibility index (Phi) is 5.87.